The molecule has 1 aromatic carbocycles. The van der Waals surface area contributed by atoms with Crippen molar-refractivity contribution in [2.24, 2.45) is 0 Å². The summed E-state index contributed by atoms with van der Waals surface area (Å²) in [7, 11) is 0. The molecule has 7 heteroatoms. The van der Waals surface area contributed by atoms with Crippen LogP contribution in [0, 0.1) is 13.8 Å². The smallest absolute Gasteiger partial charge is 0.266 e. The van der Waals surface area contributed by atoms with Crippen LogP contribution in [-0.4, -0.2) is 15.5 Å². The molecule has 0 radical (unpaired) electrons. The lowest BCUT2D eigenvalue weighted by Crippen LogP contribution is -2.20. The van der Waals surface area contributed by atoms with Gasteiger partial charge in [-0.05, 0) is 49.6 Å². The SMILES string of the molecule is CCCn1cnc2sc(C(=O)Nc3ccc(Cl)cc3C)c(C)c2c1=O. The molecule has 0 aliphatic heterocycles. The van der Waals surface area contributed by atoms with Gasteiger partial charge in [-0.25, -0.2) is 4.98 Å². The minimum Gasteiger partial charge on any atom is -0.321 e. The Bertz CT molecular complexity index is 1020. The summed E-state index contributed by atoms with van der Waals surface area (Å²) in [5.74, 6) is -0.243. The van der Waals surface area contributed by atoms with Crippen LogP contribution in [0.5, 0.6) is 0 Å². The Balaban J connectivity index is 2.01. The van der Waals surface area contributed by atoms with Gasteiger partial charge in [-0.2, -0.15) is 0 Å². The van der Waals surface area contributed by atoms with Crippen LogP contribution in [0.1, 0.15) is 34.1 Å². The van der Waals surface area contributed by atoms with Crippen LogP contribution in [-0.2, 0) is 6.54 Å². The molecule has 0 aliphatic rings. The molecule has 0 aliphatic carbocycles. The van der Waals surface area contributed by atoms with E-state index in [2.05, 4.69) is 10.3 Å². The summed E-state index contributed by atoms with van der Waals surface area (Å²) in [6.45, 7) is 6.29. The molecule has 25 heavy (non-hydrogen) atoms. The number of nitrogens with zero attached hydrogens (tertiary/aromatic N) is 2. The summed E-state index contributed by atoms with van der Waals surface area (Å²) >= 11 is 7.19. The third-order valence-electron chi connectivity index (χ3n) is 4.02. The predicted molar refractivity (Wildman–Crippen MR) is 103 cm³/mol. The summed E-state index contributed by atoms with van der Waals surface area (Å²) in [5, 5.41) is 4.04. The van der Waals surface area contributed by atoms with Gasteiger partial charge in [0.05, 0.1) is 16.6 Å². The number of amides is 1. The maximum absolute atomic E-state index is 12.7. The summed E-state index contributed by atoms with van der Waals surface area (Å²) < 4.78 is 1.59. The highest BCUT2D eigenvalue weighted by Crippen LogP contribution is 2.28. The van der Waals surface area contributed by atoms with E-state index in [9.17, 15) is 9.59 Å². The van der Waals surface area contributed by atoms with Crippen LogP contribution >= 0.6 is 22.9 Å². The van der Waals surface area contributed by atoms with Gasteiger partial charge in [0, 0.05) is 17.3 Å². The van der Waals surface area contributed by atoms with E-state index in [4.69, 9.17) is 11.6 Å². The largest absolute Gasteiger partial charge is 0.321 e. The van der Waals surface area contributed by atoms with E-state index >= 15 is 0 Å². The lowest BCUT2D eigenvalue weighted by atomic mass is 10.1. The van der Waals surface area contributed by atoms with Crippen molar-refractivity contribution in [2.45, 2.75) is 33.7 Å². The molecule has 0 saturated carbocycles. The van der Waals surface area contributed by atoms with E-state index in [-0.39, 0.29) is 11.5 Å². The number of halogens is 1. The highest BCUT2D eigenvalue weighted by molar-refractivity contribution is 7.20. The van der Waals surface area contributed by atoms with E-state index in [0.29, 0.717) is 37.9 Å². The fourth-order valence-electron chi connectivity index (χ4n) is 2.72. The maximum atomic E-state index is 12.7. The number of anilines is 1. The second-order valence-corrected chi connectivity index (χ2v) is 7.33. The number of fused-ring (bicyclic) bond motifs is 1. The third-order valence-corrected chi connectivity index (χ3v) is 5.46. The number of benzene rings is 1. The molecule has 0 unspecified atom stereocenters. The van der Waals surface area contributed by atoms with E-state index in [1.807, 2.05) is 13.8 Å². The van der Waals surface area contributed by atoms with Crippen molar-refractivity contribution in [2.75, 3.05) is 5.32 Å². The molecule has 2 aromatic heterocycles. The van der Waals surface area contributed by atoms with Crippen molar-refractivity contribution in [3.05, 3.63) is 55.9 Å². The Hall–Kier alpha value is -2.18. The lowest BCUT2D eigenvalue weighted by Gasteiger charge is -2.08. The molecule has 0 bridgehead atoms. The van der Waals surface area contributed by atoms with Gasteiger partial charge in [-0.15, -0.1) is 11.3 Å². The normalized spacial score (nSPS) is 11.0. The lowest BCUT2D eigenvalue weighted by molar-refractivity contribution is 0.103. The molecule has 3 rings (SSSR count). The predicted octanol–water partition coefficient (Wildman–Crippen LogP) is 4.39. The number of aromatic nitrogens is 2. The van der Waals surface area contributed by atoms with Gasteiger partial charge in [-0.1, -0.05) is 18.5 Å². The van der Waals surface area contributed by atoms with Crippen molar-refractivity contribution >= 4 is 44.7 Å². The Morgan fingerprint density at radius 3 is 2.80 bits per heavy atom. The quantitative estimate of drug-likeness (QED) is 0.735. The molecular formula is C18H18ClN3O2S. The van der Waals surface area contributed by atoms with Crippen molar-refractivity contribution in [3.63, 3.8) is 0 Å². The number of carbonyl (C=O) groups is 1. The van der Waals surface area contributed by atoms with Crippen LogP contribution in [0.4, 0.5) is 5.69 Å². The average Bonchev–Trinajstić information content (AvgIpc) is 2.90. The zero-order valence-electron chi connectivity index (χ0n) is 14.2. The fourth-order valence-corrected chi connectivity index (χ4v) is 3.98. The Morgan fingerprint density at radius 2 is 2.12 bits per heavy atom. The van der Waals surface area contributed by atoms with Crippen molar-refractivity contribution in [3.8, 4) is 0 Å². The summed E-state index contributed by atoms with van der Waals surface area (Å²) in [4.78, 5) is 30.7. The molecule has 1 amide bonds. The first-order valence-electron chi connectivity index (χ1n) is 7.98. The molecular weight excluding hydrogens is 358 g/mol. The number of aryl methyl sites for hydroxylation is 3. The number of hydrogen-bond donors (Lipinski definition) is 1. The van der Waals surface area contributed by atoms with E-state index in [1.165, 1.54) is 11.3 Å². The van der Waals surface area contributed by atoms with Crippen LogP contribution in [0.15, 0.2) is 29.3 Å². The number of carbonyl (C=O) groups excluding carboxylic acids is 1. The first kappa shape index (κ1) is 17.6. The molecule has 0 fully saturated rings. The highest BCUT2D eigenvalue weighted by atomic mass is 35.5. The van der Waals surface area contributed by atoms with Crippen molar-refractivity contribution in [1.82, 2.24) is 9.55 Å². The number of hydrogen-bond acceptors (Lipinski definition) is 4. The number of rotatable bonds is 4. The second kappa shape index (κ2) is 6.98. The van der Waals surface area contributed by atoms with Gasteiger partial charge in [0.15, 0.2) is 0 Å². The van der Waals surface area contributed by atoms with Crippen LogP contribution in [0.25, 0.3) is 10.2 Å². The van der Waals surface area contributed by atoms with Crippen LogP contribution in [0.3, 0.4) is 0 Å². The zero-order chi connectivity index (χ0) is 18.1. The Kier molecular flexibility index (Phi) is 4.92. The van der Waals surface area contributed by atoms with Crippen LogP contribution < -0.4 is 10.9 Å². The third kappa shape index (κ3) is 3.32. The van der Waals surface area contributed by atoms with Gasteiger partial charge < -0.3 is 5.32 Å². The number of thiophene rings is 1. The standard InChI is InChI=1S/C18H18ClN3O2S/c1-4-7-22-9-20-17-14(18(22)24)11(3)15(25-17)16(23)21-13-6-5-12(19)8-10(13)2/h5-6,8-9H,4,7H2,1-3H3,(H,21,23). The number of nitrogens with one attached hydrogen (secondary N) is 1. The van der Waals surface area contributed by atoms with E-state index in [0.717, 1.165) is 12.0 Å². The average molecular weight is 376 g/mol. The first-order valence-corrected chi connectivity index (χ1v) is 9.17. The summed E-state index contributed by atoms with van der Waals surface area (Å²) in [6, 6.07) is 5.29. The molecule has 0 spiro atoms. The summed E-state index contributed by atoms with van der Waals surface area (Å²) in [6.07, 6.45) is 2.40. The molecule has 0 saturated heterocycles. The van der Waals surface area contributed by atoms with Crippen molar-refractivity contribution in [1.29, 1.82) is 0 Å². The molecule has 2 heterocycles. The van der Waals surface area contributed by atoms with Crippen LogP contribution in [0.2, 0.25) is 5.02 Å². The van der Waals surface area contributed by atoms with Crippen molar-refractivity contribution < 1.29 is 4.79 Å². The molecule has 0 atom stereocenters. The molecule has 5 nitrogen and oxygen atoms in total. The van der Waals surface area contributed by atoms with Gasteiger partial charge in [0.1, 0.15) is 4.83 Å². The van der Waals surface area contributed by atoms with Gasteiger partial charge in [-0.3, -0.25) is 14.2 Å². The van der Waals surface area contributed by atoms with E-state index in [1.54, 1.807) is 36.0 Å². The van der Waals surface area contributed by atoms with Gasteiger partial charge in [0.2, 0.25) is 0 Å². The van der Waals surface area contributed by atoms with E-state index < -0.39 is 0 Å². The maximum Gasteiger partial charge on any atom is 0.266 e. The Morgan fingerprint density at radius 1 is 1.36 bits per heavy atom. The molecule has 1 N–H and O–H groups in total. The minimum atomic E-state index is -0.243. The Labute approximate surface area is 154 Å². The summed E-state index contributed by atoms with van der Waals surface area (Å²) in [5.41, 5.74) is 2.15. The fraction of sp³-hybridized carbons (Fsp3) is 0.278. The monoisotopic (exact) mass is 375 g/mol. The first-order chi connectivity index (χ1) is 11.9. The molecule has 130 valence electrons. The molecule has 3 aromatic rings. The zero-order valence-corrected chi connectivity index (χ0v) is 15.8. The van der Waals surface area contributed by atoms with Gasteiger partial charge in [0.25, 0.3) is 11.5 Å². The highest BCUT2D eigenvalue weighted by Gasteiger charge is 2.20. The minimum absolute atomic E-state index is 0.0951. The second-order valence-electron chi connectivity index (χ2n) is 5.89. The topological polar surface area (TPSA) is 64.0 Å². The van der Waals surface area contributed by atoms with Gasteiger partial charge >= 0.3 is 0 Å².